The molecule has 0 aromatic heterocycles. The largest absolute Gasteiger partial charge is 0.303 e. The lowest BCUT2D eigenvalue weighted by molar-refractivity contribution is 0.372. The zero-order valence-corrected chi connectivity index (χ0v) is 9.80. The van der Waals surface area contributed by atoms with E-state index in [1.54, 1.807) is 0 Å². The highest BCUT2D eigenvalue weighted by Gasteiger charge is 2.07. The normalized spacial score (nSPS) is 18.4. The molecule has 15 heavy (non-hydrogen) atoms. The number of allylic oxidation sites excluding steroid dienone is 1. The Kier molecular flexibility index (Phi) is 3.45. The molecular formula is C13H16ClN. The molecule has 1 aromatic carbocycles. The standard InChI is InChI=1S/C13H16ClN/c1-15-9-2-3-11(8-10-15)12-4-6-13(14)7-5-12/h4-8H,2-3,9-10H2,1H3. The number of nitrogens with zero attached hydrogens (tertiary/aromatic N) is 1. The maximum atomic E-state index is 5.88. The first kappa shape index (κ1) is 10.7. The highest BCUT2D eigenvalue weighted by Crippen LogP contribution is 2.23. The number of benzene rings is 1. The van der Waals surface area contributed by atoms with Crippen molar-refractivity contribution in [2.45, 2.75) is 12.8 Å². The van der Waals surface area contributed by atoms with Crippen LogP contribution in [0, 0.1) is 0 Å². The lowest BCUT2D eigenvalue weighted by Crippen LogP contribution is -2.17. The van der Waals surface area contributed by atoms with E-state index < -0.39 is 0 Å². The van der Waals surface area contributed by atoms with Gasteiger partial charge in [0.1, 0.15) is 0 Å². The number of hydrogen-bond donors (Lipinski definition) is 0. The van der Waals surface area contributed by atoms with Gasteiger partial charge in [0.05, 0.1) is 0 Å². The van der Waals surface area contributed by atoms with Gasteiger partial charge in [-0.25, -0.2) is 0 Å². The van der Waals surface area contributed by atoms with E-state index in [9.17, 15) is 0 Å². The van der Waals surface area contributed by atoms with Crippen molar-refractivity contribution in [3.8, 4) is 0 Å². The highest BCUT2D eigenvalue weighted by atomic mass is 35.5. The molecule has 0 fully saturated rings. The minimum Gasteiger partial charge on any atom is -0.303 e. The number of rotatable bonds is 1. The Labute approximate surface area is 96.4 Å². The summed E-state index contributed by atoms with van der Waals surface area (Å²) in [5.41, 5.74) is 2.77. The van der Waals surface area contributed by atoms with Gasteiger partial charge in [-0.3, -0.25) is 0 Å². The average molecular weight is 222 g/mol. The van der Waals surface area contributed by atoms with E-state index in [1.165, 1.54) is 30.5 Å². The Morgan fingerprint density at radius 2 is 1.93 bits per heavy atom. The molecule has 2 heteroatoms. The van der Waals surface area contributed by atoms with E-state index >= 15 is 0 Å². The summed E-state index contributed by atoms with van der Waals surface area (Å²) < 4.78 is 0. The third kappa shape index (κ3) is 2.83. The summed E-state index contributed by atoms with van der Waals surface area (Å²) in [6.07, 6.45) is 4.74. The fourth-order valence-electron chi connectivity index (χ4n) is 1.92. The zero-order valence-electron chi connectivity index (χ0n) is 9.04. The molecule has 0 unspecified atom stereocenters. The molecule has 1 aromatic rings. The summed E-state index contributed by atoms with van der Waals surface area (Å²) >= 11 is 5.88. The smallest absolute Gasteiger partial charge is 0.0406 e. The molecule has 1 aliphatic heterocycles. The van der Waals surface area contributed by atoms with Crippen LogP contribution in [0.5, 0.6) is 0 Å². The van der Waals surface area contributed by atoms with Crippen molar-refractivity contribution >= 4 is 17.2 Å². The molecule has 0 atom stereocenters. The Morgan fingerprint density at radius 1 is 1.20 bits per heavy atom. The molecule has 1 nitrogen and oxygen atoms in total. The fraction of sp³-hybridized carbons (Fsp3) is 0.385. The van der Waals surface area contributed by atoms with Gasteiger partial charge in [-0.2, -0.15) is 0 Å². The van der Waals surface area contributed by atoms with Crippen LogP contribution in [0.3, 0.4) is 0 Å². The lowest BCUT2D eigenvalue weighted by Gasteiger charge is -2.09. The molecule has 0 amide bonds. The molecule has 1 aliphatic rings. The van der Waals surface area contributed by atoms with Crippen LogP contribution >= 0.6 is 11.6 Å². The van der Waals surface area contributed by atoms with Crippen LogP contribution in [0.1, 0.15) is 18.4 Å². The second-order valence-electron chi connectivity index (χ2n) is 4.10. The average Bonchev–Trinajstić information content (AvgIpc) is 2.44. The summed E-state index contributed by atoms with van der Waals surface area (Å²) in [4.78, 5) is 2.35. The van der Waals surface area contributed by atoms with E-state index in [1.807, 2.05) is 12.1 Å². The third-order valence-corrected chi connectivity index (χ3v) is 3.10. The number of halogens is 1. The van der Waals surface area contributed by atoms with Crippen molar-refractivity contribution < 1.29 is 0 Å². The minimum atomic E-state index is 0.810. The second kappa shape index (κ2) is 4.82. The molecule has 80 valence electrons. The Morgan fingerprint density at radius 3 is 2.67 bits per heavy atom. The van der Waals surface area contributed by atoms with Crippen molar-refractivity contribution in [1.29, 1.82) is 0 Å². The van der Waals surface area contributed by atoms with Crippen molar-refractivity contribution in [2.24, 2.45) is 0 Å². The Bertz CT molecular complexity index is 353. The van der Waals surface area contributed by atoms with Crippen LogP contribution in [0.25, 0.3) is 5.57 Å². The van der Waals surface area contributed by atoms with Crippen molar-refractivity contribution in [3.05, 3.63) is 40.9 Å². The van der Waals surface area contributed by atoms with Crippen molar-refractivity contribution in [2.75, 3.05) is 20.1 Å². The lowest BCUT2D eigenvalue weighted by atomic mass is 10.0. The monoisotopic (exact) mass is 221 g/mol. The van der Waals surface area contributed by atoms with E-state index in [4.69, 9.17) is 11.6 Å². The second-order valence-corrected chi connectivity index (χ2v) is 4.54. The SMILES string of the molecule is CN1CC=C(c2ccc(Cl)cc2)CCC1. The van der Waals surface area contributed by atoms with Gasteiger partial charge in [0.2, 0.25) is 0 Å². The zero-order chi connectivity index (χ0) is 10.7. The topological polar surface area (TPSA) is 3.24 Å². The fourth-order valence-corrected chi connectivity index (χ4v) is 2.05. The molecule has 0 saturated heterocycles. The van der Waals surface area contributed by atoms with Gasteiger partial charge in [-0.15, -0.1) is 0 Å². The summed E-state index contributed by atoms with van der Waals surface area (Å²) in [5.74, 6) is 0. The molecule has 2 rings (SSSR count). The quantitative estimate of drug-likeness (QED) is 0.702. The van der Waals surface area contributed by atoms with Gasteiger partial charge in [-0.05, 0) is 49.7 Å². The first-order chi connectivity index (χ1) is 7.25. The summed E-state index contributed by atoms with van der Waals surface area (Å²) in [6.45, 7) is 2.24. The van der Waals surface area contributed by atoms with Crippen LogP contribution in [-0.4, -0.2) is 25.0 Å². The molecule has 0 aliphatic carbocycles. The van der Waals surface area contributed by atoms with Crippen LogP contribution in [0.15, 0.2) is 30.3 Å². The summed E-state index contributed by atoms with van der Waals surface area (Å²) in [6, 6.07) is 8.15. The van der Waals surface area contributed by atoms with E-state index in [0.717, 1.165) is 11.6 Å². The van der Waals surface area contributed by atoms with Crippen molar-refractivity contribution in [1.82, 2.24) is 4.90 Å². The minimum absolute atomic E-state index is 0.810. The molecule has 0 radical (unpaired) electrons. The van der Waals surface area contributed by atoms with Crippen molar-refractivity contribution in [3.63, 3.8) is 0 Å². The maximum Gasteiger partial charge on any atom is 0.0406 e. The number of hydrogen-bond acceptors (Lipinski definition) is 1. The molecule has 0 saturated carbocycles. The predicted octanol–water partition coefficient (Wildman–Crippen LogP) is 3.45. The first-order valence-electron chi connectivity index (χ1n) is 5.39. The van der Waals surface area contributed by atoms with E-state index in [0.29, 0.717) is 0 Å². The van der Waals surface area contributed by atoms with Gasteiger partial charge in [0, 0.05) is 11.6 Å². The number of likely N-dealkylation sites (N-methyl/N-ethyl adjacent to an activating group) is 1. The van der Waals surface area contributed by atoms with Crippen LogP contribution in [0.4, 0.5) is 0 Å². The maximum absolute atomic E-state index is 5.88. The van der Waals surface area contributed by atoms with Gasteiger partial charge in [-0.1, -0.05) is 29.8 Å². The van der Waals surface area contributed by atoms with Gasteiger partial charge in [0.25, 0.3) is 0 Å². The summed E-state index contributed by atoms with van der Waals surface area (Å²) in [7, 11) is 2.17. The van der Waals surface area contributed by atoms with E-state index in [-0.39, 0.29) is 0 Å². The highest BCUT2D eigenvalue weighted by molar-refractivity contribution is 6.30. The predicted molar refractivity (Wildman–Crippen MR) is 66.2 cm³/mol. The Balaban J connectivity index is 2.19. The van der Waals surface area contributed by atoms with Gasteiger partial charge >= 0.3 is 0 Å². The van der Waals surface area contributed by atoms with Gasteiger partial charge in [0.15, 0.2) is 0 Å². The molecule has 0 spiro atoms. The van der Waals surface area contributed by atoms with Crippen LogP contribution < -0.4 is 0 Å². The van der Waals surface area contributed by atoms with E-state index in [2.05, 4.69) is 30.2 Å². The molecule has 0 bridgehead atoms. The van der Waals surface area contributed by atoms with Gasteiger partial charge < -0.3 is 4.90 Å². The molecular weight excluding hydrogens is 206 g/mol. The molecule has 1 heterocycles. The first-order valence-corrected chi connectivity index (χ1v) is 5.77. The Hall–Kier alpha value is -0.790. The van der Waals surface area contributed by atoms with Crippen LogP contribution in [0.2, 0.25) is 5.02 Å². The van der Waals surface area contributed by atoms with Crippen LogP contribution in [-0.2, 0) is 0 Å². The third-order valence-electron chi connectivity index (χ3n) is 2.85. The molecule has 0 N–H and O–H groups in total. The summed E-state index contributed by atoms with van der Waals surface area (Å²) in [5, 5.41) is 0.810.